The molecule has 2 aromatic heterocycles. The minimum atomic E-state index is 0.0424. The summed E-state index contributed by atoms with van der Waals surface area (Å²) in [5, 5.41) is 4.53. The average Bonchev–Trinajstić information content (AvgIpc) is 3.34. The molecule has 6 nitrogen and oxygen atoms in total. The number of nitrogens with zero attached hydrogens (tertiary/aromatic N) is 4. The van der Waals surface area contributed by atoms with E-state index in [2.05, 4.69) is 36.1 Å². The van der Waals surface area contributed by atoms with E-state index < -0.39 is 0 Å². The van der Waals surface area contributed by atoms with Crippen LogP contribution in [0.25, 0.3) is 0 Å². The molecule has 0 N–H and O–H groups in total. The van der Waals surface area contributed by atoms with Crippen molar-refractivity contribution < 1.29 is 9.21 Å². The van der Waals surface area contributed by atoms with Crippen molar-refractivity contribution in [2.75, 3.05) is 13.1 Å². The Balaban J connectivity index is 1.43. The molecular formula is C24H30N4O2. The lowest BCUT2D eigenvalue weighted by atomic mass is 9.97. The molecular weight excluding hydrogens is 376 g/mol. The van der Waals surface area contributed by atoms with Gasteiger partial charge in [0.05, 0.1) is 17.8 Å². The molecule has 0 aliphatic carbocycles. The van der Waals surface area contributed by atoms with Gasteiger partial charge in [-0.05, 0) is 36.8 Å². The summed E-state index contributed by atoms with van der Waals surface area (Å²) in [6.07, 6.45) is 5.37. The van der Waals surface area contributed by atoms with E-state index in [0.717, 1.165) is 49.6 Å². The lowest BCUT2D eigenvalue weighted by Crippen LogP contribution is -2.40. The smallest absolute Gasteiger partial charge is 0.272 e. The van der Waals surface area contributed by atoms with E-state index in [9.17, 15) is 4.79 Å². The first-order valence-electron chi connectivity index (χ1n) is 10.8. The third kappa shape index (κ3) is 4.64. The Labute approximate surface area is 177 Å². The summed E-state index contributed by atoms with van der Waals surface area (Å²) in [6.45, 7) is 5.72. The number of carbonyl (C=O) groups is 1. The first-order chi connectivity index (χ1) is 14.5. The number of oxazole rings is 1. The molecule has 3 heterocycles. The molecule has 158 valence electrons. The summed E-state index contributed by atoms with van der Waals surface area (Å²) in [6, 6.07) is 12.2. The van der Waals surface area contributed by atoms with Gasteiger partial charge in [-0.2, -0.15) is 5.10 Å². The fraction of sp³-hybridized carbons (Fsp3) is 0.458. The summed E-state index contributed by atoms with van der Waals surface area (Å²) >= 11 is 0. The number of hydrogen-bond donors (Lipinski definition) is 0. The van der Waals surface area contributed by atoms with Crippen molar-refractivity contribution in [1.82, 2.24) is 19.7 Å². The zero-order valence-corrected chi connectivity index (χ0v) is 18.0. The Kier molecular flexibility index (Phi) is 6.02. The Morgan fingerprint density at radius 2 is 2.07 bits per heavy atom. The first-order valence-corrected chi connectivity index (χ1v) is 10.8. The SMILES string of the molecule is CC(C)Cc1cc(C(=O)N2CCCC(c3ncc(Cc4ccccc4)o3)C2)n(C)n1. The van der Waals surface area contributed by atoms with Crippen LogP contribution in [0, 0.1) is 5.92 Å². The van der Waals surface area contributed by atoms with Crippen molar-refractivity contribution in [2.24, 2.45) is 13.0 Å². The van der Waals surface area contributed by atoms with Crippen LogP contribution in [0.1, 0.15) is 66.0 Å². The van der Waals surface area contributed by atoms with Crippen molar-refractivity contribution in [3.05, 3.63) is 71.2 Å². The molecule has 6 heteroatoms. The number of benzene rings is 1. The Morgan fingerprint density at radius 3 is 2.83 bits per heavy atom. The number of aromatic nitrogens is 3. The van der Waals surface area contributed by atoms with Crippen molar-refractivity contribution in [3.63, 3.8) is 0 Å². The van der Waals surface area contributed by atoms with Gasteiger partial charge >= 0.3 is 0 Å². The molecule has 1 aliphatic heterocycles. The van der Waals surface area contributed by atoms with Gasteiger partial charge in [0.2, 0.25) is 0 Å². The van der Waals surface area contributed by atoms with Gasteiger partial charge in [-0.25, -0.2) is 4.98 Å². The van der Waals surface area contributed by atoms with Gasteiger partial charge in [-0.3, -0.25) is 9.48 Å². The number of piperidine rings is 1. The number of likely N-dealkylation sites (tertiary alicyclic amines) is 1. The van der Waals surface area contributed by atoms with Gasteiger partial charge in [0.25, 0.3) is 5.91 Å². The largest absolute Gasteiger partial charge is 0.445 e. The highest BCUT2D eigenvalue weighted by Gasteiger charge is 2.30. The van der Waals surface area contributed by atoms with Crippen LogP contribution in [0.2, 0.25) is 0 Å². The fourth-order valence-corrected chi connectivity index (χ4v) is 4.16. The highest BCUT2D eigenvalue weighted by Crippen LogP contribution is 2.28. The summed E-state index contributed by atoms with van der Waals surface area (Å²) in [7, 11) is 1.85. The summed E-state index contributed by atoms with van der Waals surface area (Å²) in [4.78, 5) is 19.6. The van der Waals surface area contributed by atoms with Gasteiger partial charge in [-0.15, -0.1) is 0 Å². The summed E-state index contributed by atoms with van der Waals surface area (Å²) < 4.78 is 7.78. The van der Waals surface area contributed by atoms with E-state index in [0.29, 0.717) is 18.2 Å². The number of rotatable bonds is 6. The van der Waals surface area contributed by atoms with Crippen LogP contribution in [-0.2, 0) is 19.9 Å². The molecule has 30 heavy (non-hydrogen) atoms. The van der Waals surface area contributed by atoms with Gasteiger partial charge in [-0.1, -0.05) is 44.2 Å². The van der Waals surface area contributed by atoms with Crippen LogP contribution in [-0.4, -0.2) is 38.7 Å². The van der Waals surface area contributed by atoms with Crippen molar-refractivity contribution in [2.45, 2.75) is 45.4 Å². The number of carbonyl (C=O) groups excluding carboxylic acids is 1. The maximum atomic E-state index is 13.2. The predicted octanol–water partition coefficient (Wildman–Crippen LogP) is 4.22. The monoisotopic (exact) mass is 406 g/mol. The van der Waals surface area contributed by atoms with Crippen LogP contribution < -0.4 is 0 Å². The fourth-order valence-electron chi connectivity index (χ4n) is 4.16. The normalized spacial score (nSPS) is 16.9. The zero-order valence-electron chi connectivity index (χ0n) is 18.0. The minimum absolute atomic E-state index is 0.0424. The molecule has 0 radical (unpaired) electrons. The summed E-state index contributed by atoms with van der Waals surface area (Å²) in [5.74, 6) is 2.29. The van der Waals surface area contributed by atoms with Crippen LogP contribution in [0.15, 0.2) is 47.0 Å². The second-order valence-electron chi connectivity index (χ2n) is 8.66. The number of hydrogen-bond acceptors (Lipinski definition) is 4. The maximum absolute atomic E-state index is 13.2. The molecule has 0 saturated carbocycles. The Morgan fingerprint density at radius 1 is 1.27 bits per heavy atom. The molecule has 3 aromatic rings. The van der Waals surface area contributed by atoms with Crippen molar-refractivity contribution in [1.29, 1.82) is 0 Å². The lowest BCUT2D eigenvalue weighted by Gasteiger charge is -2.31. The molecule has 4 rings (SSSR count). The molecule has 1 aliphatic rings. The van der Waals surface area contributed by atoms with Crippen LogP contribution in [0.5, 0.6) is 0 Å². The van der Waals surface area contributed by atoms with E-state index in [-0.39, 0.29) is 11.8 Å². The molecule has 0 spiro atoms. The quantitative estimate of drug-likeness (QED) is 0.615. The molecule has 1 aromatic carbocycles. The van der Waals surface area contributed by atoms with Gasteiger partial charge < -0.3 is 9.32 Å². The lowest BCUT2D eigenvalue weighted by molar-refractivity contribution is 0.0686. The first kappa shape index (κ1) is 20.4. The third-order valence-electron chi connectivity index (χ3n) is 5.62. The van der Waals surface area contributed by atoms with Gasteiger partial charge in [0.15, 0.2) is 5.89 Å². The number of amides is 1. The molecule has 0 bridgehead atoms. The van der Waals surface area contributed by atoms with Gasteiger partial charge in [0, 0.05) is 26.6 Å². The molecule has 1 fully saturated rings. The van der Waals surface area contributed by atoms with E-state index in [1.807, 2.05) is 42.4 Å². The second-order valence-corrected chi connectivity index (χ2v) is 8.66. The third-order valence-corrected chi connectivity index (χ3v) is 5.62. The topological polar surface area (TPSA) is 64.2 Å². The molecule has 1 unspecified atom stereocenters. The average molecular weight is 407 g/mol. The summed E-state index contributed by atoms with van der Waals surface area (Å²) in [5.41, 5.74) is 2.83. The molecule has 1 saturated heterocycles. The minimum Gasteiger partial charge on any atom is -0.445 e. The van der Waals surface area contributed by atoms with Gasteiger partial charge in [0.1, 0.15) is 11.5 Å². The zero-order chi connectivity index (χ0) is 21.1. The highest BCUT2D eigenvalue weighted by atomic mass is 16.4. The highest BCUT2D eigenvalue weighted by molar-refractivity contribution is 5.92. The van der Waals surface area contributed by atoms with Crippen LogP contribution in [0.3, 0.4) is 0 Å². The molecule has 1 amide bonds. The second kappa shape index (κ2) is 8.86. The Hall–Kier alpha value is -2.89. The van der Waals surface area contributed by atoms with Crippen molar-refractivity contribution in [3.8, 4) is 0 Å². The van der Waals surface area contributed by atoms with Crippen LogP contribution in [0.4, 0.5) is 0 Å². The number of aryl methyl sites for hydroxylation is 1. The molecule has 1 atom stereocenters. The van der Waals surface area contributed by atoms with E-state index >= 15 is 0 Å². The van der Waals surface area contributed by atoms with E-state index in [4.69, 9.17) is 4.42 Å². The Bertz CT molecular complexity index is 990. The standard InChI is InChI=1S/C24H30N4O2/c1-17(2)12-20-14-22(27(3)26-20)24(29)28-11-7-10-19(16-28)23-25-15-21(30-23)13-18-8-5-4-6-9-18/h4-6,8-9,14-15,17,19H,7,10-13,16H2,1-3H3. The maximum Gasteiger partial charge on any atom is 0.272 e. The van der Waals surface area contributed by atoms with Crippen molar-refractivity contribution >= 4 is 5.91 Å². The predicted molar refractivity (Wildman–Crippen MR) is 115 cm³/mol. The van der Waals surface area contributed by atoms with E-state index in [1.165, 1.54) is 5.56 Å². The van der Waals surface area contributed by atoms with E-state index in [1.54, 1.807) is 4.68 Å². The van der Waals surface area contributed by atoms with Crippen LogP contribution >= 0.6 is 0 Å².